The van der Waals surface area contributed by atoms with Gasteiger partial charge in [0.2, 0.25) is 0 Å². The van der Waals surface area contributed by atoms with Crippen molar-refractivity contribution < 1.29 is 10.2 Å². The Hall–Kier alpha value is -1.13. The Labute approximate surface area is 102 Å². The zero-order valence-corrected chi connectivity index (χ0v) is 9.97. The van der Waals surface area contributed by atoms with Crippen molar-refractivity contribution in [3.63, 3.8) is 0 Å². The molecule has 1 aromatic heterocycles. The van der Waals surface area contributed by atoms with Crippen LogP contribution in [0.25, 0.3) is 0 Å². The topological polar surface area (TPSA) is 65.4 Å². The standard InChI is InChI=1S/C13H20N2O2/c16-9-11-3-1-2-10(11)6-14-7-12-4-5-13(17)8-15-12/h4-5,8,10-11,14,16-17H,1-3,6-7,9H2. The molecule has 2 atom stereocenters. The van der Waals surface area contributed by atoms with E-state index < -0.39 is 0 Å². The van der Waals surface area contributed by atoms with E-state index in [0.717, 1.165) is 25.2 Å². The van der Waals surface area contributed by atoms with E-state index in [2.05, 4.69) is 10.3 Å². The molecule has 2 unspecified atom stereocenters. The zero-order valence-electron chi connectivity index (χ0n) is 9.97. The molecule has 4 heteroatoms. The molecular formula is C13H20N2O2. The number of aromatic nitrogens is 1. The van der Waals surface area contributed by atoms with E-state index in [4.69, 9.17) is 5.11 Å². The first-order chi connectivity index (χ1) is 8.29. The van der Waals surface area contributed by atoms with E-state index in [1.165, 1.54) is 19.0 Å². The highest BCUT2D eigenvalue weighted by Gasteiger charge is 2.25. The van der Waals surface area contributed by atoms with Crippen LogP contribution in [0.1, 0.15) is 25.0 Å². The minimum absolute atomic E-state index is 0.199. The number of pyridine rings is 1. The smallest absolute Gasteiger partial charge is 0.133 e. The molecule has 1 aliphatic rings. The summed E-state index contributed by atoms with van der Waals surface area (Å²) in [7, 11) is 0. The zero-order chi connectivity index (χ0) is 12.1. The molecule has 0 spiro atoms. The first kappa shape index (κ1) is 12.3. The summed E-state index contributed by atoms with van der Waals surface area (Å²) < 4.78 is 0. The van der Waals surface area contributed by atoms with Crippen molar-refractivity contribution >= 4 is 0 Å². The number of hydrogen-bond donors (Lipinski definition) is 3. The maximum Gasteiger partial charge on any atom is 0.133 e. The normalized spacial score (nSPS) is 24.1. The molecule has 1 saturated carbocycles. The van der Waals surface area contributed by atoms with Crippen LogP contribution in [0.5, 0.6) is 5.75 Å². The van der Waals surface area contributed by atoms with Crippen LogP contribution in [-0.4, -0.2) is 28.3 Å². The van der Waals surface area contributed by atoms with E-state index in [-0.39, 0.29) is 5.75 Å². The Morgan fingerprint density at radius 1 is 1.29 bits per heavy atom. The van der Waals surface area contributed by atoms with Gasteiger partial charge < -0.3 is 15.5 Å². The number of aliphatic hydroxyl groups is 1. The van der Waals surface area contributed by atoms with E-state index in [9.17, 15) is 5.11 Å². The van der Waals surface area contributed by atoms with Crippen molar-refractivity contribution in [1.82, 2.24) is 10.3 Å². The Balaban J connectivity index is 1.74. The summed E-state index contributed by atoms with van der Waals surface area (Å²) in [5.74, 6) is 1.26. The van der Waals surface area contributed by atoms with Gasteiger partial charge in [-0.05, 0) is 43.4 Å². The maximum absolute atomic E-state index is 9.22. The molecule has 94 valence electrons. The summed E-state index contributed by atoms with van der Waals surface area (Å²) in [6.45, 7) is 1.96. The van der Waals surface area contributed by atoms with E-state index in [1.54, 1.807) is 6.07 Å². The van der Waals surface area contributed by atoms with Crippen LogP contribution in [0.2, 0.25) is 0 Å². The van der Waals surface area contributed by atoms with Gasteiger partial charge in [0.25, 0.3) is 0 Å². The van der Waals surface area contributed by atoms with Gasteiger partial charge in [-0.1, -0.05) is 6.42 Å². The fourth-order valence-electron chi connectivity index (χ4n) is 2.53. The third kappa shape index (κ3) is 3.41. The third-order valence-electron chi connectivity index (χ3n) is 3.57. The first-order valence-electron chi connectivity index (χ1n) is 6.25. The number of rotatable bonds is 5. The van der Waals surface area contributed by atoms with Crippen LogP contribution in [0.3, 0.4) is 0 Å². The van der Waals surface area contributed by atoms with Gasteiger partial charge in [-0.3, -0.25) is 4.98 Å². The van der Waals surface area contributed by atoms with Crippen LogP contribution in [0.4, 0.5) is 0 Å². The van der Waals surface area contributed by atoms with Crippen molar-refractivity contribution in [2.45, 2.75) is 25.8 Å². The average Bonchev–Trinajstić information content (AvgIpc) is 2.79. The Morgan fingerprint density at radius 2 is 2.12 bits per heavy atom. The van der Waals surface area contributed by atoms with Crippen molar-refractivity contribution in [3.8, 4) is 5.75 Å². The molecule has 17 heavy (non-hydrogen) atoms. The molecular weight excluding hydrogens is 216 g/mol. The van der Waals surface area contributed by atoms with Gasteiger partial charge in [-0.25, -0.2) is 0 Å². The third-order valence-corrected chi connectivity index (χ3v) is 3.57. The molecule has 1 fully saturated rings. The fraction of sp³-hybridized carbons (Fsp3) is 0.615. The van der Waals surface area contributed by atoms with Crippen LogP contribution in [0, 0.1) is 11.8 Å². The Kier molecular flexibility index (Phi) is 4.34. The molecule has 0 radical (unpaired) electrons. The SMILES string of the molecule is OCC1CCCC1CNCc1ccc(O)cn1. The number of aliphatic hydroxyl groups excluding tert-OH is 1. The van der Waals surface area contributed by atoms with Crippen molar-refractivity contribution in [3.05, 3.63) is 24.0 Å². The lowest BCUT2D eigenvalue weighted by Gasteiger charge is -2.17. The molecule has 0 bridgehead atoms. The highest BCUT2D eigenvalue weighted by atomic mass is 16.3. The summed E-state index contributed by atoms with van der Waals surface area (Å²) in [4.78, 5) is 4.12. The lowest BCUT2D eigenvalue weighted by molar-refractivity contribution is 0.192. The van der Waals surface area contributed by atoms with Crippen LogP contribution < -0.4 is 5.32 Å². The second kappa shape index (κ2) is 5.98. The van der Waals surface area contributed by atoms with E-state index >= 15 is 0 Å². The minimum Gasteiger partial charge on any atom is -0.506 e. The van der Waals surface area contributed by atoms with Crippen LogP contribution in [-0.2, 0) is 6.54 Å². The van der Waals surface area contributed by atoms with Gasteiger partial charge in [0.1, 0.15) is 5.75 Å². The summed E-state index contributed by atoms with van der Waals surface area (Å²) >= 11 is 0. The highest BCUT2D eigenvalue weighted by molar-refractivity contribution is 5.17. The quantitative estimate of drug-likeness (QED) is 0.720. The summed E-state index contributed by atoms with van der Waals surface area (Å²) in [6, 6.07) is 3.47. The van der Waals surface area contributed by atoms with Crippen LogP contribution in [0.15, 0.2) is 18.3 Å². The Morgan fingerprint density at radius 3 is 2.82 bits per heavy atom. The number of nitrogens with zero attached hydrogens (tertiary/aromatic N) is 1. The second-order valence-corrected chi connectivity index (χ2v) is 4.77. The lowest BCUT2D eigenvalue weighted by atomic mass is 9.97. The molecule has 0 aromatic carbocycles. The summed E-state index contributed by atoms with van der Waals surface area (Å²) in [5.41, 5.74) is 0.932. The number of nitrogens with one attached hydrogen (secondary N) is 1. The van der Waals surface area contributed by atoms with Crippen LogP contribution >= 0.6 is 0 Å². The predicted molar refractivity (Wildman–Crippen MR) is 65.5 cm³/mol. The Bertz CT molecular complexity index is 340. The molecule has 0 amide bonds. The monoisotopic (exact) mass is 236 g/mol. The van der Waals surface area contributed by atoms with Gasteiger partial charge >= 0.3 is 0 Å². The van der Waals surface area contributed by atoms with Gasteiger partial charge in [-0.15, -0.1) is 0 Å². The molecule has 3 N–H and O–H groups in total. The summed E-state index contributed by atoms with van der Waals surface area (Å²) in [5, 5.41) is 21.7. The largest absolute Gasteiger partial charge is 0.506 e. The van der Waals surface area contributed by atoms with Gasteiger partial charge in [-0.2, -0.15) is 0 Å². The van der Waals surface area contributed by atoms with Crippen molar-refractivity contribution in [2.75, 3.05) is 13.2 Å². The predicted octanol–water partition coefficient (Wildman–Crippen LogP) is 1.29. The van der Waals surface area contributed by atoms with E-state index in [1.807, 2.05) is 6.07 Å². The highest BCUT2D eigenvalue weighted by Crippen LogP contribution is 2.30. The molecule has 4 nitrogen and oxygen atoms in total. The van der Waals surface area contributed by atoms with E-state index in [0.29, 0.717) is 18.4 Å². The minimum atomic E-state index is 0.199. The molecule has 1 aliphatic carbocycles. The van der Waals surface area contributed by atoms with Gasteiger partial charge in [0, 0.05) is 13.2 Å². The molecule has 0 aliphatic heterocycles. The van der Waals surface area contributed by atoms with Gasteiger partial charge in [0.05, 0.1) is 11.9 Å². The number of aromatic hydroxyl groups is 1. The first-order valence-corrected chi connectivity index (χ1v) is 6.25. The number of hydrogen-bond acceptors (Lipinski definition) is 4. The molecule has 0 saturated heterocycles. The average molecular weight is 236 g/mol. The lowest BCUT2D eigenvalue weighted by Crippen LogP contribution is -2.26. The van der Waals surface area contributed by atoms with Crippen molar-refractivity contribution in [2.24, 2.45) is 11.8 Å². The fourth-order valence-corrected chi connectivity index (χ4v) is 2.53. The van der Waals surface area contributed by atoms with Gasteiger partial charge in [0.15, 0.2) is 0 Å². The molecule has 1 heterocycles. The molecule has 1 aromatic rings. The maximum atomic E-state index is 9.22. The van der Waals surface area contributed by atoms with Crippen molar-refractivity contribution in [1.29, 1.82) is 0 Å². The second-order valence-electron chi connectivity index (χ2n) is 4.77. The molecule has 2 rings (SSSR count). The summed E-state index contributed by atoms with van der Waals surface area (Å²) in [6.07, 6.45) is 5.06.